The lowest BCUT2D eigenvalue weighted by Crippen LogP contribution is -2.26. The van der Waals surface area contributed by atoms with Gasteiger partial charge in [0.15, 0.2) is 5.78 Å². The maximum Gasteiger partial charge on any atom is 0.270 e. The molecule has 1 aromatic carbocycles. The summed E-state index contributed by atoms with van der Waals surface area (Å²) in [5.41, 5.74) is 2.60. The lowest BCUT2D eigenvalue weighted by molar-refractivity contribution is 0.0964. The van der Waals surface area contributed by atoms with Gasteiger partial charge in [0.2, 0.25) is 0 Å². The topological polar surface area (TPSA) is 77.3 Å². The van der Waals surface area contributed by atoms with Crippen LogP contribution >= 0.6 is 0 Å². The van der Waals surface area contributed by atoms with E-state index in [2.05, 4.69) is 15.0 Å². The number of benzene rings is 1. The number of halogens is 1. The second-order valence-corrected chi connectivity index (χ2v) is 7.25. The molecule has 0 aliphatic carbocycles. The highest BCUT2D eigenvalue weighted by Crippen LogP contribution is 2.14. The molecule has 3 aromatic rings. The zero-order chi connectivity index (χ0) is 21.7. The third kappa shape index (κ3) is 5.57. The second-order valence-electron chi connectivity index (χ2n) is 7.25. The molecular formula is C22H23FN4O3. The number of aromatic nitrogens is 3. The minimum Gasteiger partial charge on any atom is -0.485 e. The number of pyridine rings is 1. The van der Waals surface area contributed by atoms with Crippen LogP contribution < -0.4 is 10.3 Å². The van der Waals surface area contributed by atoms with E-state index in [1.54, 1.807) is 6.07 Å². The summed E-state index contributed by atoms with van der Waals surface area (Å²) in [7, 11) is 3.96. The maximum atomic E-state index is 12.9. The van der Waals surface area contributed by atoms with Gasteiger partial charge < -0.3 is 9.64 Å². The largest absolute Gasteiger partial charge is 0.485 e. The van der Waals surface area contributed by atoms with E-state index in [1.165, 1.54) is 24.4 Å². The van der Waals surface area contributed by atoms with Crippen molar-refractivity contribution in [2.45, 2.75) is 26.6 Å². The van der Waals surface area contributed by atoms with Crippen LogP contribution in [0.1, 0.15) is 27.2 Å². The van der Waals surface area contributed by atoms with Crippen molar-refractivity contribution < 1.29 is 13.9 Å². The van der Waals surface area contributed by atoms with Crippen molar-refractivity contribution >= 4 is 5.78 Å². The van der Waals surface area contributed by atoms with Crippen molar-refractivity contribution in [2.75, 3.05) is 14.1 Å². The van der Waals surface area contributed by atoms with Crippen molar-refractivity contribution in [2.24, 2.45) is 0 Å². The van der Waals surface area contributed by atoms with Crippen LogP contribution in [-0.4, -0.2) is 39.5 Å². The van der Waals surface area contributed by atoms with Crippen LogP contribution in [0.5, 0.6) is 5.75 Å². The Morgan fingerprint density at radius 3 is 2.60 bits per heavy atom. The van der Waals surface area contributed by atoms with Gasteiger partial charge >= 0.3 is 0 Å². The first-order chi connectivity index (χ1) is 14.3. The molecule has 0 unspecified atom stereocenters. The number of hydrogen-bond donors (Lipinski definition) is 0. The van der Waals surface area contributed by atoms with Gasteiger partial charge in [-0.25, -0.2) is 9.07 Å². The lowest BCUT2D eigenvalue weighted by Gasteiger charge is -2.12. The van der Waals surface area contributed by atoms with Crippen LogP contribution in [0, 0.1) is 12.7 Å². The fourth-order valence-electron chi connectivity index (χ4n) is 2.99. The van der Waals surface area contributed by atoms with Gasteiger partial charge in [0.05, 0.1) is 18.1 Å². The molecule has 8 heteroatoms. The predicted octanol–water partition coefficient (Wildman–Crippen LogP) is 2.61. The number of nitrogens with zero attached hydrogens (tertiary/aromatic N) is 4. The van der Waals surface area contributed by atoms with E-state index in [1.807, 2.05) is 33.2 Å². The van der Waals surface area contributed by atoms with E-state index < -0.39 is 11.4 Å². The van der Waals surface area contributed by atoms with Crippen LogP contribution in [-0.2, 0) is 19.7 Å². The van der Waals surface area contributed by atoms with Gasteiger partial charge in [-0.2, -0.15) is 5.10 Å². The van der Waals surface area contributed by atoms with Crippen LogP contribution in [0.2, 0.25) is 0 Å². The van der Waals surface area contributed by atoms with E-state index in [0.717, 1.165) is 28.6 Å². The minimum atomic E-state index is -0.449. The highest BCUT2D eigenvalue weighted by atomic mass is 19.1. The average molecular weight is 410 g/mol. The number of ketones is 1. The summed E-state index contributed by atoms with van der Waals surface area (Å²) >= 11 is 0. The molecule has 0 aliphatic heterocycles. The molecule has 2 aromatic heterocycles. The van der Waals surface area contributed by atoms with E-state index in [9.17, 15) is 14.0 Å². The summed E-state index contributed by atoms with van der Waals surface area (Å²) < 4.78 is 19.4. The SMILES string of the molecule is Cc1cc(CN(C)C)ccc1C(=O)Cn1ncc(OCc2ccc(F)cn2)cc1=O. The monoisotopic (exact) mass is 410 g/mol. The summed E-state index contributed by atoms with van der Waals surface area (Å²) in [5.74, 6) is -0.378. The van der Waals surface area contributed by atoms with Crippen LogP contribution in [0.3, 0.4) is 0 Å². The Bertz CT molecular complexity index is 1090. The van der Waals surface area contributed by atoms with Gasteiger partial charge in [-0.3, -0.25) is 14.6 Å². The smallest absolute Gasteiger partial charge is 0.270 e. The Hall–Kier alpha value is -3.39. The standard InChI is InChI=1S/C22H23FN4O3/c1-15-8-16(12-26(2)3)4-7-20(15)21(28)13-27-22(29)9-19(11-25-27)30-14-18-6-5-17(23)10-24-18/h4-11H,12-14H2,1-3H3. The molecule has 0 radical (unpaired) electrons. The molecule has 156 valence electrons. The summed E-state index contributed by atoms with van der Waals surface area (Å²) in [5, 5.41) is 4.03. The summed E-state index contributed by atoms with van der Waals surface area (Å²) in [6, 6.07) is 9.71. The normalized spacial score (nSPS) is 11.0. The predicted molar refractivity (Wildman–Crippen MR) is 110 cm³/mol. The number of hydrogen-bond acceptors (Lipinski definition) is 6. The first-order valence-electron chi connectivity index (χ1n) is 9.39. The van der Waals surface area contributed by atoms with Crippen LogP contribution in [0.15, 0.2) is 53.6 Å². The zero-order valence-corrected chi connectivity index (χ0v) is 17.1. The number of ether oxygens (including phenoxy) is 1. The van der Waals surface area contributed by atoms with E-state index in [4.69, 9.17) is 4.74 Å². The fraction of sp³-hybridized carbons (Fsp3) is 0.273. The van der Waals surface area contributed by atoms with E-state index in [0.29, 0.717) is 11.3 Å². The Kier molecular flexibility index (Phi) is 6.68. The van der Waals surface area contributed by atoms with Gasteiger partial charge in [0.1, 0.15) is 24.7 Å². The maximum absolute atomic E-state index is 12.9. The van der Waals surface area contributed by atoms with Crippen molar-refractivity contribution in [3.05, 3.63) is 87.3 Å². The van der Waals surface area contributed by atoms with Crippen molar-refractivity contribution in [1.29, 1.82) is 0 Å². The van der Waals surface area contributed by atoms with Crippen molar-refractivity contribution in [1.82, 2.24) is 19.7 Å². The average Bonchev–Trinajstić information content (AvgIpc) is 2.69. The first kappa shape index (κ1) is 21.3. The molecule has 0 amide bonds. The molecule has 0 saturated carbocycles. The molecule has 7 nitrogen and oxygen atoms in total. The first-order valence-corrected chi connectivity index (χ1v) is 9.39. The molecule has 0 spiro atoms. The third-order valence-electron chi connectivity index (χ3n) is 4.40. The van der Waals surface area contributed by atoms with Gasteiger partial charge in [-0.1, -0.05) is 18.2 Å². The molecular weight excluding hydrogens is 387 g/mol. The van der Waals surface area contributed by atoms with Crippen LogP contribution in [0.25, 0.3) is 0 Å². The highest BCUT2D eigenvalue weighted by Gasteiger charge is 2.13. The summed E-state index contributed by atoms with van der Waals surface area (Å²) in [6.07, 6.45) is 2.46. The number of carbonyl (C=O) groups excluding carboxylic acids is 1. The van der Waals surface area contributed by atoms with Gasteiger partial charge in [-0.15, -0.1) is 0 Å². The Morgan fingerprint density at radius 2 is 1.97 bits per heavy atom. The molecule has 3 rings (SSSR count). The minimum absolute atomic E-state index is 0.0723. The number of carbonyl (C=O) groups is 1. The number of Topliss-reactive ketones (excluding diaryl/α,β-unsaturated/α-hetero) is 1. The Balaban J connectivity index is 1.66. The van der Waals surface area contributed by atoms with E-state index >= 15 is 0 Å². The number of rotatable bonds is 8. The Morgan fingerprint density at radius 1 is 1.17 bits per heavy atom. The van der Waals surface area contributed by atoms with Crippen molar-refractivity contribution in [3.63, 3.8) is 0 Å². The zero-order valence-electron chi connectivity index (χ0n) is 17.1. The molecule has 0 saturated heterocycles. The van der Waals surface area contributed by atoms with Gasteiger partial charge in [0.25, 0.3) is 5.56 Å². The van der Waals surface area contributed by atoms with Gasteiger partial charge in [0, 0.05) is 18.2 Å². The quantitative estimate of drug-likeness (QED) is 0.532. The highest BCUT2D eigenvalue weighted by molar-refractivity contribution is 5.97. The summed E-state index contributed by atoms with van der Waals surface area (Å²) in [4.78, 5) is 30.9. The molecule has 0 atom stereocenters. The Labute approximate surface area is 173 Å². The van der Waals surface area contributed by atoms with E-state index in [-0.39, 0.29) is 24.7 Å². The lowest BCUT2D eigenvalue weighted by atomic mass is 10.0. The molecule has 0 fully saturated rings. The van der Waals surface area contributed by atoms with Gasteiger partial charge in [-0.05, 0) is 44.3 Å². The molecule has 2 heterocycles. The molecule has 0 aliphatic rings. The molecule has 0 N–H and O–H groups in total. The third-order valence-corrected chi connectivity index (χ3v) is 4.40. The fourth-order valence-corrected chi connectivity index (χ4v) is 2.99. The number of aryl methyl sites for hydroxylation is 1. The summed E-state index contributed by atoms with van der Waals surface area (Å²) in [6.45, 7) is 2.57. The molecule has 0 bridgehead atoms. The van der Waals surface area contributed by atoms with Crippen molar-refractivity contribution in [3.8, 4) is 5.75 Å². The molecule has 30 heavy (non-hydrogen) atoms. The second kappa shape index (κ2) is 9.41. The van der Waals surface area contributed by atoms with Crippen LogP contribution in [0.4, 0.5) is 4.39 Å².